The number of aldehydes is 1. The fourth-order valence-electron chi connectivity index (χ4n) is 5.01. The van der Waals surface area contributed by atoms with Crippen LogP contribution in [0.1, 0.15) is 29.6 Å². The fourth-order valence-corrected chi connectivity index (χ4v) is 5.01. The Labute approximate surface area is 188 Å². The molecule has 2 nitrogen and oxygen atoms in total. The molecule has 158 valence electrons. The van der Waals surface area contributed by atoms with Gasteiger partial charge in [0.05, 0.1) is 0 Å². The third-order valence-electron chi connectivity index (χ3n) is 6.67. The van der Waals surface area contributed by atoms with Gasteiger partial charge in [0.1, 0.15) is 6.29 Å². The summed E-state index contributed by atoms with van der Waals surface area (Å²) in [6, 6.07) is 28.2. The zero-order chi connectivity index (χ0) is 21.9. The van der Waals surface area contributed by atoms with E-state index in [0.29, 0.717) is 0 Å². The summed E-state index contributed by atoms with van der Waals surface area (Å²) in [6.07, 6.45) is 10.0. The molecule has 2 aliphatic rings. The maximum Gasteiger partial charge on any atom is 0.150 e. The number of nitrogens with two attached hydrogens (primary N) is 1. The Morgan fingerprint density at radius 1 is 0.656 bits per heavy atom. The lowest BCUT2D eigenvalue weighted by Gasteiger charge is -2.11. The van der Waals surface area contributed by atoms with Crippen molar-refractivity contribution in [1.29, 1.82) is 0 Å². The summed E-state index contributed by atoms with van der Waals surface area (Å²) in [5.74, 6) is 1.98. The molecule has 0 saturated heterocycles. The lowest BCUT2D eigenvalue weighted by Crippen LogP contribution is -1.89. The van der Waals surface area contributed by atoms with Crippen molar-refractivity contribution in [3.63, 3.8) is 0 Å². The molecule has 7 rings (SSSR count). The average molecular weight is 418 g/mol. The summed E-state index contributed by atoms with van der Waals surface area (Å²) in [5.41, 5.74) is 7.65. The second-order valence-electron chi connectivity index (χ2n) is 8.76. The molecule has 0 aliphatic heterocycles. The largest absolute Gasteiger partial charge is 0.398 e. The van der Waals surface area contributed by atoms with Crippen LogP contribution in [0.2, 0.25) is 0 Å². The summed E-state index contributed by atoms with van der Waals surface area (Å²) in [6.45, 7) is 0. The van der Waals surface area contributed by atoms with Crippen LogP contribution in [0.5, 0.6) is 0 Å². The Kier molecular flexibility index (Phi) is 5.60. The fraction of sp³-hybridized carbons (Fsp3) is 0.167. The number of carbonyl (C=O) groups excluding carboxylic acids is 1. The lowest BCUT2D eigenvalue weighted by atomic mass is 9.94. The first-order valence-corrected chi connectivity index (χ1v) is 11.3. The van der Waals surface area contributed by atoms with Crippen LogP contribution in [-0.4, -0.2) is 6.29 Å². The number of fused-ring (bicyclic) bond motifs is 2. The summed E-state index contributed by atoms with van der Waals surface area (Å²) in [7, 11) is 0. The first-order valence-electron chi connectivity index (χ1n) is 11.3. The van der Waals surface area contributed by atoms with Crippen molar-refractivity contribution in [3.05, 3.63) is 103 Å². The maximum atomic E-state index is 10.0. The second-order valence-corrected chi connectivity index (χ2v) is 8.76. The van der Waals surface area contributed by atoms with E-state index in [1.807, 2.05) is 24.3 Å². The molecule has 2 aliphatic carbocycles. The molecule has 1 saturated carbocycles. The molecule has 2 N–H and O–H groups in total. The molecule has 2 heteroatoms. The maximum absolute atomic E-state index is 10.0. The number of carbonyl (C=O) groups is 1. The van der Waals surface area contributed by atoms with Crippen molar-refractivity contribution in [2.75, 3.05) is 5.73 Å². The van der Waals surface area contributed by atoms with E-state index in [2.05, 4.69) is 60.7 Å². The van der Waals surface area contributed by atoms with E-state index in [4.69, 9.17) is 5.73 Å². The Bertz CT molecular complexity index is 1360. The van der Waals surface area contributed by atoms with Gasteiger partial charge in [0, 0.05) is 16.6 Å². The van der Waals surface area contributed by atoms with Gasteiger partial charge in [-0.3, -0.25) is 4.79 Å². The van der Waals surface area contributed by atoms with Gasteiger partial charge in [0.2, 0.25) is 0 Å². The van der Waals surface area contributed by atoms with Crippen molar-refractivity contribution in [3.8, 4) is 0 Å². The standard InChI is InChI=1S/C16H11N.C7H6O.C7H10/c17-14-9-7-12-5-4-10-2-1-3-11-6-8-13(14)16(12)15(10)11;8-6-7-4-2-1-3-5-7;1-2-7-4-3-6(1)5-7/h1-9H,17H2;1-6H;1-2,6-7H,3-5H2. The molecule has 0 amide bonds. The zero-order valence-electron chi connectivity index (χ0n) is 18.1. The molecule has 0 aromatic heterocycles. The Morgan fingerprint density at radius 3 is 1.78 bits per heavy atom. The number of hydrogen-bond donors (Lipinski definition) is 1. The van der Waals surface area contributed by atoms with Crippen LogP contribution < -0.4 is 5.73 Å². The molecule has 0 spiro atoms. The first-order chi connectivity index (χ1) is 15.7. The van der Waals surface area contributed by atoms with E-state index in [-0.39, 0.29) is 0 Å². The van der Waals surface area contributed by atoms with Gasteiger partial charge in [-0.15, -0.1) is 0 Å². The van der Waals surface area contributed by atoms with Gasteiger partial charge < -0.3 is 5.73 Å². The second kappa shape index (κ2) is 8.84. The van der Waals surface area contributed by atoms with E-state index >= 15 is 0 Å². The third kappa shape index (κ3) is 3.97. The molecule has 2 unspecified atom stereocenters. The van der Waals surface area contributed by atoms with E-state index in [0.717, 1.165) is 34.8 Å². The summed E-state index contributed by atoms with van der Waals surface area (Å²) >= 11 is 0. The summed E-state index contributed by atoms with van der Waals surface area (Å²) in [5, 5.41) is 7.61. The molecule has 32 heavy (non-hydrogen) atoms. The molecule has 5 aromatic carbocycles. The normalized spacial score (nSPS) is 18.4. The summed E-state index contributed by atoms with van der Waals surface area (Å²) < 4.78 is 0. The van der Waals surface area contributed by atoms with E-state index in [9.17, 15) is 4.79 Å². The van der Waals surface area contributed by atoms with Gasteiger partial charge in [-0.2, -0.15) is 0 Å². The number of hydrogen-bond acceptors (Lipinski definition) is 2. The van der Waals surface area contributed by atoms with Crippen LogP contribution in [-0.2, 0) is 0 Å². The van der Waals surface area contributed by atoms with Crippen molar-refractivity contribution >= 4 is 44.3 Å². The average Bonchev–Trinajstić information content (AvgIpc) is 3.51. The Hall–Kier alpha value is -3.65. The smallest absolute Gasteiger partial charge is 0.150 e. The van der Waals surface area contributed by atoms with Crippen LogP contribution in [0.15, 0.2) is 97.1 Å². The number of benzene rings is 5. The van der Waals surface area contributed by atoms with E-state index < -0.39 is 0 Å². The molecule has 1 fully saturated rings. The highest BCUT2D eigenvalue weighted by atomic mass is 16.1. The van der Waals surface area contributed by atoms with E-state index in [1.54, 1.807) is 12.1 Å². The molecule has 5 aromatic rings. The van der Waals surface area contributed by atoms with Crippen molar-refractivity contribution in [2.45, 2.75) is 19.3 Å². The highest BCUT2D eigenvalue weighted by Crippen LogP contribution is 2.38. The zero-order valence-corrected chi connectivity index (χ0v) is 18.1. The van der Waals surface area contributed by atoms with Gasteiger partial charge in [-0.1, -0.05) is 91.0 Å². The van der Waals surface area contributed by atoms with Crippen LogP contribution in [0.4, 0.5) is 5.69 Å². The van der Waals surface area contributed by atoms with E-state index in [1.165, 1.54) is 46.2 Å². The minimum absolute atomic E-state index is 0.729. The minimum atomic E-state index is 0.729. The van der Waals surface area contributed by atoms with Gasteiger partial charge in [-0.05, 0) is 64.1 Å². The molecule has 0 radical (unpaired) electrons. The van der Waals surface area contributed by atoms with Gasteiger partial charge in [-0.25, -0.2) is 0 Å². The number of allylic oxidation sites excluding steroid dienone is 2. The van der Waals surface area contributed by atoms with Gasteiger partial charge in [0.15, 0.2) is 0 Å². The van der Waals surface area contributed by atoms with Crippen molar-refractivity contribution in [1.82, 2.24) is 0 Å². The predicted octanol–water partition coefficient (Wildman–Crippen LogP) is 7.64. The summed E-state index contributed by atoms with van der Waals surface area (Å²) in [4.78, 5) is 10.0. The number of anilines is 1. The highest BCUT2D eigenvalue weighted by Gasteiger charge is 2.25. The topological polar surface area (TPSA) is 43.1 Å². The molecular weight excluding hydrogens is 390 g/mol. The molecule has 2 bridgehead atoms. The Morgan fingerprint density at radius 2 is 1.25 bits per heavy atom. The van der Waals surface area contributed by atoms with Gasteiger partial charge >= 0.3 is 0 Å². The van der Waals surface area contributed by atoms with Crippen LogP contribution in [0.3, 0.4) is 0 Å². The van der Waals surface area contributed by atoms with Crippen LogP contribution in [0, 0.1) is 11.8 Å². The van der Waals surface area contributed by atoms with Crippen molar-refractivity contribution in [2.24, 2.45) is 11.8 Å². The quantitative estimate of drug-likeness (QED) is 0.132. The number of rotatable bonds is 1. The first kappa shape index (κ1) is 20.3. The third-order valence-corrected chi connectivity index (χ3v) is 6.67. The molecule has 0 heterocycles. The lowest BCUT2D eigenvalue weighted by molar-refractivity contribution is 0.112. The number of nitrogen functional groups attached to an aromatic ring is 1. The SMILES string of the molecule is C1=CC2CCC1C2.Nc1ccc2ccc3cccc4ccc1c2c34.O=Cc1ccccc1. The predicted molar refractivity (Wildman–Crippen MR) is 136 cm³/mol. The van der Waals surface area contributed by atoms with Crippen LogP contribution in [0.25, 0.3) is 32.3 Å². The molecular formula is C30H27NO. The minimum Gasteiger partial charge on any atom is -0.398 e. The van der Waals surface area contributed by atoms with Gasteiger partial charge in [0.25, 0.3) is 0 Å². The van der Waals surface area contributed by atoms with Crippen molar-refractivity contribution < 1.29 is 4.79 Å². The molecule has 2 atom stereocenters. The monoisotopic (exact) mass is 417 g/mol. The Balaban J connectivity index is 0.000000119. The highest BCUT2D eigenvalue weighted by molar-refractivity contribution is 6.24. The van der Waals surface area contributed by atoms with Crippen LogP contribution >= 0.6 is 0 Å².